The molecule has 164 valence electrons. The first-order valence-electron chi connectivity index (χ1n) is 10.1. The van der Waals surface area contributed by atoms with Crippen LogP contribution in [-0.2, 0) is 0 Å². The molecule has 0 saturated carbocycles. The summed E-state index contributed by atoms with van der Waals surface area (Å²) < 4.78 is 33.5. The average Bonchev–Trinajstić information content (AvgIpc) is 3.30. The highest BCUT2D eigenvalue weighted by molar-refractivity contribution is 7.14. The van der Waals surface area contributed by atoms with Gasteiger partial charge in [-0.25, -0.2) is 23.7 Å². The third-order valence-corrected chi connectivity index (χ3v) is 5.61. The second-order valence-electron chi connectivity index (χ2n) is 7.01. The Morgan fingerprint density at radius 2 is 1.94 bits per heavy atom. The van der Waals surface area contributed by atoms with Gasteiger partial charge in [0.25, 0.3) is 0 Å². The Labute approximate surface area is 192 Å². The summed E-state index contributed by atoms with van der Waals surface area (Å²) >= 11 is 1.26. The standard InChI is InChI=1S/C24H17F2N5OS/c1-2-32-15-8-9-19-17(11-15)23(30-22(28-19)14-5-4-10-27-12-14)31-24-29-20(13-33-24)16-6-3-7-18(25)21(16)26/h3-13H,2H2,1H3,(H,28,29,30,31). The van der Waals surface area contributed by atoms with Gasteiger partial charge in [0.15, 0.2) is 22.6 Å². The van der Waals surface area contributed by atoms with E-state index in [1.807, 2.05) is 37.3 Å². The van der Waals surface area contributed by atoms with Crippen LogP contribution in [0, 0.1) is 11.6 Å². The molecule has 3 aromatic heterocycles. The average molecular weight is 461 g/mol. The summed E-state index contributed by atoms with van der Waals surface area (Å²) in [6, 6.07) is 13.3. The van der Waals surface area contributed by atoms with E-state index in [1.165, 1.54) is 23.5 Å². The molecule has 0 unspecified atom stereocenters. The smallest absolute Gasteiger partial charge is 0.188 e. The lowest BCUT2D eigenvalue weighted by atomic mass is 10.1. The zero-order valence-electron chi connectivity index (χ0n) is 17.4. The fraction of sp³-hybridized carbons (Fsp3) is 0.0833. The first kappa shape index (κ1) is 20.9. The van der Waals surface area contributed by atoms with Crippen LogP contribution in [0.15, 0.2) is 66.3 Å². The molecule has 3 heterocycles. The van der Waals surface area contributed by atoms with E-state index < -0.39 is 11.6 Å². The van der Waals surface area contributed by atoms with Crippen molar-refractivity contribution in [2.75, 3.05) is 11.9 Å². The van der Waals surface area contributed by atoms with Crippen LogP contribution in [0.2, 0.25) is 0 Å². The topological polar surface area (TPSA) is 72.8 Å². The number of hydrogen-bond donors (Lipinski definition) is 1. The molecule has 2 aromatic carbocycles. The predicted octanol–water partition coefficient (Wildman–Crippen LogP) is 6.24. The molecule has 6 nitrogen and oxygen atoms in total. The molecule has 0 aliphatic rings. The minimum Gasteiger partial charge on any atom is -0.494 e. The molecule has 9 heteroatoms. The lowest BCUT2D eigenvalue weighted by Gasteiger charge is -2.11. The summed E-state index contributed by atoms with van der Waals surface area (Å²) in [5.74, 6) is -0.146. The van der Waals surface area contributed by atoms with Gasteiger partial charge in [-0.2, -0.15) is 0 Å². The Morgan fingerprint density at radius 1 is 1.03 bits per heavy atom. The van der Waals surface area contributed by atoms with Gasteiger partial charge in [0.05, 0.1) is 17.8 Å². The summed E-state index contributed by atoms with van der Waals surface area (Å²) in [5, 5.41) is 6.10. The molecule has 0 saturated heterocycles. The maximum absolute atomic E-state index is 14.2. The molecule has 0 aliphatic heterocycles. The molecule has 5 rings (SSSR count). The highest BCUT2D eigenvalue weighted by atomic mass is 32.1. The van der Waals surface area contributed by atoms with Crippen LogP contribution in [0.25, 0.3) is 33.5 Å². The summed E-state index contributed by atoms with van der Waals surface area (Å²) in [6.45, 7) is 2.44. The van der Waals surface area contributed by atoms with E-state index in [2.05, 4.69) is 20.3 Å². The molecule has 0 atom stereocenters. The summed E-state index contributed by atoms with van der Waals surface area (Å²) in [7, 11) is 0. The molecule has 5 aromatic rings. The maximum atomic E-state index is 14.2. The molecular weight excluding hydrogens is 444 g/mol. The number of anilines is 2. The molecule has 0 radical (unpaired) electrons. The number of halogens is 2. The molecule has 0 fully saturated rings. The second-order valence-corrected chi connectivity index (χ2v) is 7.87. The van der Waals surface area contributed by atoms with Crippen molar-refractivity contribution in [1.82, 2.24) is 19.9 Å². The monoisotopic (exact) mass is 461 g/mol. The number of fused-ring (bicyclic) bond motifs is 1. The van der Waals surface area contributed by atoms with E-state index in [1.54, 1.807) is 17.8 Å². The fourth-order valence-electron chi connectivity index (χ4n) is 3.34. The van der Waals surface area contributed by atoms with Crippen LogP contribution < -0.4 is 10.1 Å². The summed E-state index contributed by atoms with van der Waals surface area (Å²) in [6.07, 6.45) is 3.37. The Balaban J connectivity index is 1.58. The van der Waals surface area contributed by atoms with E-state index in [4.69, 9.17) is 9.72 Å². The lowest BCUT2D eigenvalue weighted by Crippen LogP contribution is -2.00. The van der Waals surface area contributed by atoms with Crippen LogP contribution in [-0.4, -0.2) is 26.5 Å². The Morgan fingerprint density at radius 3 is 2.76 bits per heavy atom. The van der Waals surface area contributed by atoms with Crippen molar-refractivity contribution in [1.29, 1.82) is 0 Å². The largest absolute Gasteiger partial charge is 0.494 e. The molecule has 1 N–H and O–H groups in total. The maximum Gasteiger partial charge on any atom is 0.188 e. The van der Waals surface area contributed by atoms with E-state index >= 15 is 0 Å². The molecular formula is C24H17F2N5OS. The van der Waals surface area contributed by atoms with E-state index in [0.717, 1.165) is 17.0 Å². The first-order chi connectivity index (χ1) is 16.1. The Bertz CT molecular complexity index is 1440. The van der Waals surface area contributed by atoms with Gasteiger partial charge in [0.2, 0.25) is 0 Å². The number of nitrogens with zero attached hydrogens (tertiary/aromatic N) is 4. The van der Waals surface area contributed by atoms with Crippen LogP contribution in [0.3, 0.4) is 0 Å². The fourth-order valence-corrected chi connectivity index (χ4v) is 4.05. The Kier molecular flexibility index (Phi) is 5.62. The van der Waals surface area contributed by atoms with Crippen molar-refractivity contribution >= 4 is 33.2 Å². The van der Waals surface area contributed by atoms with Crippen molar-refractivity contribution in [2.24, 2.45) is 0 Å². The van der Waals surface area contributed by atoms with Gasteiger partial charge < -0.3 is 10.1 Å². The van der Waals surface area contributed by atoms with Crippen LogP contribution >= 0.6 is 11.3 Å². The quantitative estimate of drug-likeness (QED) is 0.323. The van der Waals surface area contributed by atoms with Gasteiger partial charge >= 0.3 is 0 Å². The zero-order valence-corrected chi connectivity index (χ0v) is 18.2. The SMILES string of the molecule is CCOc1ccc2nc(-c3cccnc3)nc(Nc3nc(-c4cccc(F)c4F)cs3)c2c1. The van der Waals surface area contributed by atoms with Gasteiger partial charge in [-0.3, -0.25) is 4.98 Å². The van der Waals surface area contributed by atoms with Crippen molar-refractivity contribution in [3.63, 3.8) is 0 Å². The number of nitrogens with one attached hydrogen (secondary N) is 1. The van der Waals surface area contributed by atoms with E-state index in [-0.39, 0.29) is 5.56 Å². The number of thiazole rings is 1. The number of aromatic nitrogens is 4. The molecule has 0 spiro atoms. The van der Waals surface area contributed by atoms with Crippen molar-refractivity contribution in [3.05, 3.63) is 77.9 Å². The van der Waals surface area contributed by atoms with E-state index in [0.29, 0.717) is 40.3 Å². The molecule has 0 amide bonds. The first-order valence-corrected chi connectivity index (χ1v) is 11.0. The van der Waals surface area contributed by atoms with Crippen LogP contribution in [0.5, 0.6) is 5.75 Å². The number of ether oxygens (including phenoxy) is 1. The predicted molar refractivity (Wildman–Crippen MR) is 125 cm³/mol. The lowest BCUT2D eigenvalue weighted by molar-refractivity contribution is 0.340. The van der Waals surface area contributed by atoms with Gasteiger partial charge in [-0.1, -0.05) is 6.07 Å². The van der Waals surface area contributed by atoms with Crippen LogP contribution in [0.1, 0.15) is 6.92 Å². The normalized spacial score (nSPS) is 11.0. The highest BCUT2D eigenvalue weighted by Gasteiger charge is 2.15. The second kappa shape index (κ2) is 8.87. The number of hydrogen-bond acceptors (Lipinski definition) is 7. The van der Waals surface area contributed by atoms with E-state index in [9.17, 15) is 8.78 Å². The minimum atomic E-state index is -0.929. The minimum absolute atomic E-state index is 0.0986. The van der Waals surface area contributed by atoms with Crippen molar-refractivity contribution in [3.8, 4) is 28.4 Å². The zero-order chi connectivity index (χ0) is 22.8. The summed E-state index contributed by atoms with van der Waals surface area (Å²) in [5.41, 5.74) is 1.91. The number of benzene rings is 2. The number of rotatable bonds is 6. The van der Waals surface area contributed by atoms with Crippen molar-refractivity contribution in [2.45, 2.75) is 6.92 Å². The molecule has 0 aliphatic carbocycles. The Hall–Kier alpha value is -3.98. The third-order valence-electron chi connectivity index (χ3n) is 4.86. The van der Waals surface area contributed by atoms with Gasteiger partial charge in [-0.15, -0.1) is 11.3 Å². The van der Waals surface area contributed by atoms with Gasteiger partial charge in [0.1, 0.15) is 11.6 Å². The third kappa shape index (κ3) is 4.22. The van der Waals surface area contributed by atoms with Gasteiger partial charge in [-0.05, 0) is 49.4 Å². The van der Waals surface area contributed by atoms with Crippen LogP contribution in [0.4, 0.5) is 19.7 Å². The molecule has 33 heavy (non-hydrogen) atoms. The molecule has 0 bridgehead atoms. The summed E-state index contributed by atoms with van der Waals surface area (Å²) in [4.78, 5) is 18.0. The highest BCUT2D eigenvalue weighted by Crippen LogP contribution is 2.33. The van der Waals surface area contributed by atoms with Gasteiger partial charge in [0, 0.05) is 34.3 Å². The van der Waals surface area contributed by atoms with Crippen molar-refractivity contribution < 1.29 is 13.5 Å². The number of pyridine rings is 1.